The summed E-state index contributed by atoms with van der Waals surface area (Å²) in [4.78, 5) is 39.4. The molecule has 0 saturated heterocycles. The summed E-state index contributed by atoms with van der Waals surface area (Å²) in [6.45, 7) is 2.09. The van der Waals surface area contributed by atoms with Crippen LogP contribution in [-0.4, -0.2) is 39.6 Å². The number of amides is 1. The minimum atomic E-state index is -0.877. The number of hydrogen-bond acceptors (Lipinski definition) is 8. The van der Waals surface area contributed by atoms with Gasteiger partial charge in [0.15, 0.2) is 11.7 Å². The Bertz CT molecular complexity index is 1160. The van der Waals surface area contributed by atoms with Crippen LogP contribution in [0.2, 0.25) is 0 Å². The maximum absolute atomic E-state index is 12.7. The van der Waals surface area contributed by atoms with Crippen LogP contribution in [0.3, 0.4) is 0 Å². The topological polar surface area (TPSA) is 124 Å². The van der Waals surface area contributed by atoms with Gasteiger partial charge in [0.2, 0.25) is 5.91 Å². The molecule has 0 aliphatic carbocycles. The Morgan fingerprint density at radius 1 is 1.28 bits per heavy atom. The molecule has 0 bridgehead atoms. The second-order valence-electron chi connectivity index (χ2n) is 7.77. The van der Waals surface area contributed by atoms with Crippen LogP contribution in [0, 0.1) is 0 Å². The van der Waals surface area contributed by atoms with Crippen molar-refractivity contribution in [1.29, 1.82) is 0 Å². The number of Topliss-reactive ketones (excluding diaryl/α,β-unsaturated/α-hetero) is 1. The van der Waals surface area contributed by atoms with Gasteiger partial charge < -0.3 is 14.9 Å². The average molecular weight is 433 g/mol. The number of nitrogens with zero attached hydrogens (tertiary/aromatic N) is 4. The Hall–Kier alpha value is -4.01. The van der Waals surface area contributed by atoms with Crippen LogP contribution in [0.1, 0.15) is 40.9 Å². The maximum atomic E-state index is 12.7. The first-order valence-corrected chi connectivity index (χ1v) is 10.1. The molecule has 0 aromatic carbocycles. The largest absolute Gasteiger partial charge is 0.484 e. The summed E-state index contributed by atoms with van der Waals surface area (Å²) in [5.74, 6) is 1.10. The van der Waals surface area contributed by atoms with Gasteiger partial charge in [0, 0.05) is 19.7 Å². The zero-order valence-corrected chi connectivity index (χ0v) is 17.8. The monoisotopic (exact) mass is 433 g/mol. The van der Waals surface area contributed by atoms with Crippen LogP contribution in [0.5, 0.6) is 5.75 Å². The van der Waals surface area contributed by atoms with Crippen LogP contribution in [0.4, 0.5) is 0 Å². The Kier molecular flexibility index (Phi) is 5.72. The molecule has 9 heteroatoms. The Morgan fingerprint density at radius 3 is 2.81 bits per heavy atom. The van der Waals surface area contributed by atoms with E-state index < -0.39 is 5.54 Å². The number of nitrogens with two attached hydrogens (primary N) is 1. The molecule has 1 unspecified atom stereocenters. The minimum Gasteiger partial charge on any atom is -0.484 e. The highest BCUT2D eigenvalue weighted by Gasteiger charge is 2.37. The Labute approximate surface area is 184 Å². The standard InChI is InChI=1S/C23H23N5O4/c1-23(12-21(30)28(2)22(24)27-23)20-11-15(7-8-25-20)10-19(29)18-6-5-16(13-26-18)32-14-17-4-3-9-31-17/h3-9,11,13H,10,12,14H2,1-2H3,(H2,24,27). The van der Waals surface area contributed by atoms with E-state index in [4.69, 9.17) is 14.9 Å². The number of hydrogen-bond donors (Lipinski definition) is 1. The number of pyridine rings is 2. The maximum Gasteiger partial charge on any atom is 0.231 e. The third-order valence-corrected chi connectivity index (χ3v) is 5.30. The highest BCUT2D eigenvalue weighted by molar-refractivity contribution is 5.98. The number of aromatic nitrogens is 2. The van der Waals surface area contributed by atoms with E-state index in [-0.39, 0.29) is 37.1 Å². The van der Waals surface area contributed by atoms with Crippen molar-refractivity contribution in [3.05, 3.63) is 77.8 Å². The van der Waals surface area contributed by atoms with Gasteiger partial charge in [-0.3, -0.25) is 19.5 Å². The lowest BCUT2D eigenvalue weighted by Crippen LogP contribution is -2.47. The van der Waals surface area contributed by atoms with Crippen molar-refractivity contribution in [1.82, 2.24) is 14.9 Å². The third kappa shape index (κ3) is 4.51. The fourth-order valence-electron chi connectivity index (χ4n) is 3.39. The average Bonchev–Trinajstić information content (AvgIpc) is 3.30. The number of furan rings is 1. The molecular weight excluding hydrogens is 410 g/mol. The van der Waals surface area contributed by atoms with Gasteiger partial charge in [-0.25, -0.2) is 9.98 Å². The fraction of sp³-hybridized carbons (Fsp3) is 0.261. The Morgan fingerprint density at radius 2 is 2.12 bits per heavy atom. The van der Waals surface area contributed by atoms with Gasteiger partial charge in [-0.15, -0.1) is 0 Å². The van der Waals surface area contributed by atoms with Gasteiger partial charge in [0.1, 0.15) is 29.3 Å². The molecule has 0 radical (unpaired) electrons. The number of guanidine groups is 1. The predicted molar refractivity (Wildman–Crippen MR) is 116 cm³/mol. The van der Waals surface area contributed by atoms with Gasteiger partial charge in [0.25, 0.3) is 0 Å². The van der Waals surface area contributed by atoms with Crippen molar-refractivity contribution in [2.24, 2.45) is 10.7 Å². The quantitative estimate of drug-likeness (QED) is 0.568. The van der Waals surface area contributed by atoms with Crippen molar-refractivity contribution >= 4 is 17.6 Å². The lowest BCUT2D eigenvalue weighted by Gasteiger charge is -2.32. The van der Waals surface area contributed by atoms with E-state index in [1.165, 1.54) is 11.1 Å². The number of ether oxygens (including phenoxy) is 1. The molecule has 164 valence electrons. The van der Waals surface area contributed by atoms with Gasteiger partial charge in [-0.2, -0.15) is 0 Å². The Balaban J connectivity index is 1.44. The highest BCUT2D eigenvalue weighted by atomic mass is 16.5. The van der Waals surface area contributed by atoms with Crippen LogP contribution in [-0.2, 0) is 23.4 Å². The molecule has 3 aromatic heterocycles. The van der Waals surface area contributed by atoms with Crippen molar-refractivity contribution in [2.75, 3.05) is 7.05 Å². The molecule has 0 spiro atoms. The van der Waals surface area contributed by atoms with E-state index in [0.29, 0.717) is 22.9 Å². The first-order valence-electron chi connectivity index (χ1n) is 10.1. The molecule has 1 amide bonds. The van der Waals surface area contributed by atoms with Crippen LogP contribution >= 0.6 is 0 Å². The number of carbonyl (C=O) groups is 2. The second-order valence-corrected chi connectivity index (χ2v) is 7.77. The highest BCUT2D eigenvalue weighted by Crippen LogP contribution is 2.32. The summed E-state index contributed by atoms with van der Waals surface area (Å²) >= 11 is 0. The summed E-state index contributed by atoms with van der Waals surface area (Å²) in [6.07, 6.45) is 4.98. The minimum absolute atomic E-state index is 0.137. The zero-order valence-electron chi connectivity index (χ0n) is 17.8. The van der Waals surface area contributed by atoms with E-state index in [0.717, 1.165) is 5.56 Å². The van der Waals surface area contributed by atoms with E-state index >= 15 is 0 Å². The van der Waals surface area contributed by atoms with Crippen molar-refractivity contribution in [3.63, 3.8) is 0 Å². The van der Waals surface area contributed by atoms with Crippen molar-refractivity contribution in [2.45, 2.75) is 31.9 Å². The smallest absolute Gasteiger partial charge is 0.231 e. The van der Waals surface area contributed by atoms with Gasteiger partial charge in [-0.05, 0) is 48.9 Å². The van der Waals surface area contributed by atoms with Gasteiger partial charge in [-0.1, -0.05) is 0 Å². The molecule has 4 heterocycles. The molecular formula is C23H23N5O4. The molecule has 0 fully saturated rings. The molecule has 1 aliphatic heterocycles. The molecule has 9 nitrogen and oxygen atoms in total. The summed E-state index contributed by atoms with van der Waals surface area (Å²) in [6, 6.07) is 10.5. The second kappa shape index (κ2) is 8.62. The lowest BCUT2D eigenvalue weighted by atomic mass is 9.90. The number of aliphatic imine (C=N–C) groups is 1. The van der Waals surface area contributed by atoms with E-state index in [2.05, 4.69) is 15.0 Å². The molecule has 0 saturated carbocycles. The normalized spacial score (nSPS) is 18.4. The number of ketones is 1. The predicted octanol–water partition coefficient (Wildman–Crippen LogP) is 2.47. The molecule has 32 heavy (non-hydrogen) atoms. The number of carbonyl (C=O) groups excluding carboxylic acids is 2. The van der Waals surface area contributed by atoms with E-state index in [1.54, 1.807) is 49.8 Å². The molecule has 1 aliphatic rings. The molecule has 3 aromatic rings. The lowest BCUT2D eigenvalue weighted by molar-refractivity contribution is -0.128. The summed E-state index contributed by atoms with van der Waals surface area (Å²) in [7, 11) is 1.59. The zero-order chi connectivity index (χ0) is 22.7. The molecule has 2 N–H and O–H groups in total. The molecule has 4 rings (SSSR count). The number of rotatable bonds is 7. The van der Waals surface area contributed by atoms with Crippen molar-refractivity contribution in [3.8, 4) is 5.75 Å². The summed E-state index contributed by atoms with van der Waals surface area (Å²) < 4.78 is 10.8. The SMILES string of the molecule is CN1C(=O)CC(C)(c2cc(CC(=O)c3ccc(OCc4ccco4)cn3)ccn2)N=C1N. The third-order valence-electron chi connectivity index (χ3n) is 5.30. The van der Waals surface area contributed by atoms with E-state index in [1.807, 2.05) is 13.0 Å². The van der Waals surface area contributed by atoms with Crippen LogP contribution in [0.25, 0.3) is 0 Å². The summed E-state index contributed by atoms with van der Waals surface area (Å²) in [5, 5.41) is 0. The first-order chi connectivity index (χ1) is 15.3. The van der Waals surface area contributed by atoms with Crippen molar-refractivity contribution < 1.29 is 18.7 Å². The van der Waals surface area contributed by atoms with Crippen LogP contribution < -0.4 is 10.5 Å². The molecule has 1 atom stereocenters. The van der Waals surface area contributed by atoms with Gasteiger partial charge in [0.05, 0.1) is 24.6 Å². The van der Waals surface area contributed by atoms with Gasteiger partial charge >= 0.3 is 0 Å². The fourth-order valence-corrected chi connectivity index (χ4v) is 3.39. The van der Waals surface area contributed by atoms with E-state index in [9.17, 15) is 9.59 Å². The summed E-state index contributed by atoms with van der Waals surface area (Å²) in [5.41, 5.74) is 6.68. The first kappa shape index (κ1) is 21.2. The van der Waals surface area contributed by atoms with Crippen LogP contribution in [0.15, 0.2) is 64.5 Å².